The van der Waals surface area contributed by atoms with E-state index in [0.717, 1.165) is 12.2 Å². The van der Waals surface area contributed by atoms with E-state index in [4.69, 9.17) is 13.9 Å². The molecule has 3 heterocycles. The van der Waals surface area contributed by atoms with Gasteiger partial charge in [0.1, 0.15) is 11.5 Å². The summed E-state index contributed by atoms with van der Waals surface area (Å²) in [4.78, 5) is 44.0. The number of furan rings is 1. The van der Waals surface area contributed by atoms with Gasteiger partial charge in [0, 0.05) is 17.8 Å². The molecular formula is C17H16N2O6. The Morgan fingerprint density at radius 1 is 1.16 bits per heavy atom. The molecule has 0 aliphatic carbocycles. The van der Waals surface area contributed by atoms with E-state index in [1.165, 1.54) is 12.4 Å². The Morgan fingerprint density at radius 3 is 2.28 bits per heavy atom. The van der Waals surface area contributed by atoms with E-state index in [-0.39, 0.29) is 12.0 Å². The average molecular weight is 344 g/mol. The van der Waals surface area contributed by atoms with Crippen LogP contribution in [0.2, 0.25) is 0 Å². The van der Waals surface area contributed by atoms with Gasteiger partial charge in [-0.05, 0) is 26.8 Å². The summed E-state index contributed by atoms with van der Waals surface area (Å²) in [5, 5.41) is 0. The molecule has 0 bridgehead atoms. The fourth-order valence-electron chi connectivity index (χ4n) is 2.64. The third kappa shape index (κ3) is 3.10. The van der Waals surface area contributed by atoms with E-state index < -0.39 is 23.5 Å². The van der Waals surface area contributed by atoms with Gasteiger partial charge >= 0.3 is 17.7 Å². The fourth-order valence-corrected chi connectivity index (χ4v) is 2.64. The second-order valence-electron chi connectivity index (χ2n) is 5.74. The molecule has 0 aromatic carbocycles. The van der Waals surface area contributed by atoms with Crippen molar-refractivity contribution in [1.29, 1.82) is 0 Å². The molecule has 3 rings (SSSR count). The quantitative estimate of drug-likeness (QED) is 0.663. The number of rotatable bonds is 4. The van der Waals surface area contributed by atoms with Crippen LogP contribution in [0.25, 0.3) is 0 Å². The van der Waals surface area contributed by atoms with Crippen LogP contribution in [-0.2, 0) is 25.5 Å². The maximum absolute atomic E-state index is 13.2. The maximum atomic E-state index is 13.2. The lowest BCUT2D eigenvalue weighted by Gasteiger charge is -2.29. The Bertz CT molecular complexity index is 869. The van der Waals surface area contributed by atoms with E-state index >= 15 is 0 Å². The number of ketones is 1. The summed E-state index contributed by atoms with van der Waals surface area (Å²) < 4.78 is 15.9. The van der Waals surface area contributed by atoms with Crippen molar-refractivity contribution in [1.82, 2.24) is 9.97 Å². The van der Waals surface area contributed by atoms with Gasteiger partial charge in [-0.2, -0.15) is 0 Å². The molecule has 0 spiro atoms. The van der Waals surface area contributed by atoms with Crippen molar-refractivity contribution in [2.45, 2.75) is 33.0 Å². The summed E-state index contributed by atoms with van der Waals surface area (Å²) in [6.07, 6.45) is 3.06. The van der Waals surface area contributed by atoms with Crippen molar-refractivity contribution < 1.29 is 28.3 Å². The van der Waals surface area contributed by atoms with Gasteiger partial charge in [0.15, 0.2) is 0 Å². The zero-order chi connectivity index (χ0) is 18.2. The van der Waals surface area contributed by atoms with Crippen LogP contribution in [0.3, 0.4) is 0 Å². The lowest BCUT2D eigenvalue weighted by atomic mass is 9.98. The van der Waals surface area contributed by atoms with Gasteiger partial charge in [-0.15, -0.1) is 0 Å². The van der Waals surface area contributed by atoms with Crippen molar-refractivity contribution in [3.63, 3.8) is 0 Å². The van der Waals surface area contributed by atoms with Crippen molar-refractivity contribution in [3.8, 4) is 0 Å². The van der Waals surface area contributed by atoms with Crippen molar-refractivity contribution in [3.05, 3.63) is 53.0 Å². The summed E-state index contributed by atoms with van der Waals surface area (Å²) in [7, 11) is 0. The highest BCUT2D eigenvalue weighted by Gasteiger charge is 2.49. The molecule has 0 fully saturated rings. The first-order chi connectivity index (χ1) is 11.8. The normalized spacial score (nSPS) is 16.3. The van der Waals surface area contributed by atoms with Gasteiger partial charge in [-0.3, -0.25) is 4.79 Å². The Kier molecular flexibility index (Phi) is 4.03. The van der Waals surface area contributed by atoms with Crippen LogP contribution in [-0.4, -0.2) is 33.5 Å². The molecule has 130 valence electrons. The van der Waals surface area contributed by atoms with Gasteiger partial charge in [-0.25, -0.2) is 14.6 Å². The Hall–Kier alpha value is -3.16. The number of nitrogens with zero attached hydrogens (tertiary/aromatic N) is 1. The van der Waals surface area contributed by atoms with Crippen molar-refractivity contribution >= 4 is 17.7 Å². The molecule has 0 saturated carbocycles. The largest absolute Gasteiger partial charge is 0.466 e. The lowest BCUT2D eigenvalue weighted by Crippen LogP contribution is -2.48. The predicted molar refractivity (Wildman–Crippen MR) is 83.6 cm³/mol. The number of esters is 2. The Labute approximate surface area is 142 Å². The number of hydrogen-bond donors (Lipinski definition) is 1. The third-order valence-electron chi connectivity index (χ3n) is 3.85. The molecule has 1 aliphatic rings. The van der Waals surface area contributed by atoms with E-state index in [1.54, 1.807) is 20.8 Å². The summed E-state index contributed by atoms with van der Waals surface area (Å²) in [6, 6.07) is 1.51. The number of hydrogen-bond acceptors (Lipinski definition) is 7. The first-order valence-electron chi connectivity index (χ1n) is 7.55. The summed E-state index contributed by atoms with van der Waals surface area (Å²) >= 11 is 0. The first kappa shape index (κ1) is 16.7. The molecule has 1 N–H and O–H groups in total. The highest BCUT2D eigenvalue weighted by atomic mass is 16.7. The van der Waals surface area contributed by atoms with Crippen LogP contribution in [0.5, 0.6) is 0 Å². The molecule has 2 aromatic heterocycles. The molecule has 0 unspecified atom stereocenters. The molecular weight excluding hydrogens is 328 g/mol. The number of aromatic amines is 1. The zero-order valence-electron chi connectivity index (χ0n) is 13.9. The number of H-pyrrole nitrogens is 1. The van der Waals surface area contributed by atoms with E-state index in [9.17, 15) is 14.4 Å². The van der Waals surface area contributed by atoms with Crippen LogP contribution < -0.4 is 0 Å². The number of nitrogens with one attached hydrogen (secondary N) is 1. The van der Waals surface area contributed by atoms with Crippen LogP contribution in [0.1, 0.15) is 33.3 Å². The van der Waals surface area contributed by atoms with Crippen molar-refractivity contribution in [2.75, 3.05) is 0 Å². The highest BCUT2D eigenvalue weighted by molar-refractivity contribution is 6.06. The molecule has 0 amide bonds. The van der Waals surface area contributed by atoms with Crippen LogP contribution >= 0.6 is 0 Å². The number of imidazole rings is 1. The van der Waals surface area contributed by atoms with Gasteiger partial charge in [0.2, 0.25) is 0 Å². The zero-order valence-corrected chi connectivity index (χ0v) is 13.9. The maximum Gasteiger partial charge on any atom is 0.334 e. The topological polar surface area (TPSA) is 111 Å². The molecule has 2 aromatic rings. The SMILES string of the molecule is Cc1cc(C(=O)C2(Cc3nc[nH]c3C)OC(=O)C=CC(=O)O2)c(C)o1. The Morgan fingerprint density at radius 2 is 1.80 bits per heavy atom. The molecule has 8 nitrogen and oxygen atoms in total. The number of carbonyl (C=O) groups excluding carboxylic acids is 3. The number of Topliss-reactive ketones (excluding diaryl/α,β-unsaturated/α-hetero) is 1. The van der Waals surface area contributed by atoms with Crippen LogP contribution in [0.4, 0.5) is 0 Å². The standard InChI is InChI=1S/C17H16N2O6/c1-9-6-12(11(3)23-9)16(22)17(7-13-10(2)18-8-19-13)24-14(20)4-5-15(21)25-17/h4-6,8H,7H2,1-3H3,(H,18,19). The van der Waals surface area contributed by atoms with Crippen LogP contribution in [0, 0.1) is 20.8 Å². The van der Waals surface area contributed by atoms with E-state index in [1.807, 2.05) is 0 Å². The molecule has 25 heavy (non-hydrogen) atoms. The Balaban J connectivity index is 2.09. The summed E-state index contributed by atoms with van der Waals surface area (Å²) in [6.45, 7) is 5.03. The highest BCUT2D eigenvalue weighted by Crippen LogP contribution is 2.30. The monoisotopic (exact) mass is 344 g/mol. The molecule has 0 atom stereocenters. The first-order valence-corrected chi connectivity index (χ1v) is 7.55. The molecule has 0 radical (unpaired) electrons. The average Bonchev–Trinajstić information content (AvgIpc) is 3.04. The lowest BCUT2D eigenvalue weighted by molar-refractivity contribution is -0.201. The number of cyclic esters (lactones) is 2. The number of carbonyl (C=O) groups is 3. The minimum absolute atomic E-state index is 0.174. The van der Waals surface area contributed by atoms with Crippen molar-refractivity contribution in [2.24, 2.45) is 0 Å². The van der Waals surface area contributed by atoms with Gasteiger partial charge in [0.05, 0.1) is 24.0 Å². The molecule has 0 saturated heterocycles. The molecule has 1 aliphatic heterocycles. The van der Waals surface area contributed by atoms with E-state index in [2.05, 4.69) is 9.97 Å². The number of aromatic nitrogens is 2. The number of ether oxygens (including phenoxy) is 2. The fraction of sp³-hybridized carbons (Fsp3) is 0.294. The van der Waals surface area contributed by atoms with Gasteiger partial charge in [-0.1, -0.05) is 0 Å². The summed E-state index contributed by atoms with van der Waals surface area (Å²) in [5.74, 6) is -3.70. The van der Waals surface area contributed by atoms with Gasteiger partial charge < -0.3 is 18.9 Å². The van der Waals surface area contributed by atoms with Crippen LogP contribution in [0.15, 0.2) is 29.0 Å². The second kappa shape index (κ2) is 6.04. The van der Waals surface area contributed by atoms with E-state index in [0.29, 0.717) is 22.9 Å². The second-order valence-corrected chi connectivity index (χ2v) is 5.74. The van der Waals surface area contributed by atoms with Gasteiger partial charge in [0.25, 0.3) is 5.78 Å². The minimum Gasteiger partial charge on any atom is -0.466 e. The smallest absolute Gasteiger partial charge is 0.334 e. The number of aryl methyl sites for hydroxylation is 3. The summed E-state index contributed by atoms with van der Waals surface area (Å²) in [5.41, 5.74) is 1.28. The third-order valence-corrected chi connectivity index (χ3v) is 3.85. The minimum atomic E-state index is -2.15. The predicted octanol–water partition coefficient (Wildman–Crippen LogP) is 1.71. The molecule has 8 heteroatoms.